The standard InChI is InChI=1S/C28H28FN5O2/c29-23-11-13-24(14-12-23)34-27(32-15-4-5-16-32)25(21-30-34)28(36)33-19-17-31(18-20-33)26(35)10-6-9-22-7-2-1-3-8-22/h1-5,7-8,11-16,21H,6,9-10,17-20H2. The third-order valence-corrected chi connectivity index (χ3v) is 6.51. The average Bonchev–Trinajstić information content (AvgIpc) is 3.60. The topological polar surface area (TPSA) is 63.4 Å². The molecule has 2 aromatic heterocycles. The zero-order valence-corrected chi connectivity index (χ0v) is 20.0. The van der Waals surface area contributed by atoms with Crippen LogP contribution in [0.2, 0.25) is 0 Å². The van der Waals surface area contributed by atoms with E-state index in [-0.39, 0.29) is 17.6 Å². The zero-order chi connectivity index (χ0) is 24.9. The molecule has 4 aromatic rings. The first kappa shape index (κ1) is 23.5. The third kappa shape index (κ3) is 5.07. The average molecular weight is 486 g/mol. The summed E-state index contributed by atoms with van der Waals surface area (Å²) < 4.78 is 16.9. The number of hydrogen-bond donors (Lipinski definition) is 0. The van der Waals surface area contributed by atoms with E-state index in [0.717, 1.165) is 12.8 Å². The smallest absolute Gasteiger partial charge is 0.259 e. The van der Waals surface area contributed by atoms with E-state index >= 15 is 0 Å². The minimum atomic E-state index is -0.336. The molecule has 1 aliphatic rings. The fourth-order valence-electron chi connectivity index (χ4n) is 4.56. The molecule has 0 aliphatic carbocycles. The molecule has 1 fully saturated rings. The van der Waals surface area contributed by atoms with Crippen molar-refractivity contribution in [2.75, 3.05) is 26.2 Å². The Morgan fingerprint density at radius 2 is 1.50 bits per heavy atom. The van der Waals surface area contributed by atoms with Crippen molar-refractivity contribution in [1.82, 2.24) is 24.1 Å². The Morgan fingerprint density at radius 1 is 0.833 bits per heavy atom. The Hall–Kier alpha value is -4.20. The van der Waals surface area contributed by atoms with Crippen LogP contribution in [0.1, 0.15) is 28.8 Å². The highest BCUT2D eigenvalue weighted by molar-refractivity contribution is 5.97. The van der Waals surface area contributed by atoms with Crippen molar-refractivity contribution in [2.45, 2.75) is 19.3 Å². The molecule has 7 nitrogen and oxygen atoms in total. The number of aromatic nitrogens is 3. The van der Waals surface area contributed by atoms with Crippen LogP contribution >= 0.6 is 0 Å². The molecular weight excluding hydrogens is 457 g/mol. The number of aryl methyl sites for hydroxylation is 1. The summed E-state index contributed by atoms with van der Waals surface area (Å²) in [6.45, 7) is 1.97. The van der Waals surface area contributed by atoms with E-state index in [1.807, 2.05) is 52.2 Å². The van der Waals surface area contributed by atoms with Gasteiger partial charge in [0.25, 0.3) is 5.91 Å². The van der Waals surface area contributed by atoms with Gasteiger partial charge in [0.1, 0.15) is 11.4 Å². The van der Waals surface area contributed by atoms with Crippen molar-refractivity contribution >= 4 is 11.8 Å². The van der Waals surface area contributed by atoms with E-state index < -0.39 is 0 Å². The molecule has 2 aromatic carbocycles. The molecule has 3 heterocycles. The lowest BCUT2D eigenvalue weighted by Crippen LogP contribution is -2.50. The van der Waals surface area contributed by atoms with E-state index in [2.05, 4.69) is 17.2 Å². The van der Waals surface area contributed by atoms with Crippen LogP contribution in [-0.2, 0) is 11.2 Å². The third-order valence-electron chi connectivity index (χ3n) is 6.51. The lowest BCUT2D eigenvalue weighted by molar-refractivity contribution is -0.132. The number of piperazine rings is 1. The molecular formula is C28H28FN5O2. The highest BCUT2D eigenvalue weighted by Crippen LogP contribution is 2.22. The summed E-state index contributed by atoms with van der Waals surface area (Å²) >= 11 is 0. The van der Waals surface area contributed by atoms with Crippen molar-refractivity contribution in [3.63, 3.8) is 0 Å². The molecule has 0 unspecified atom stereocenters. The Bertz CT molecular complexity index is 1310. The molecule has 0 bridgehead atoms. The van der Waals surface area contributed by atoms with Crippen LogP contribution in [0.4, 0.5) is 4.39 Å². The molecule has 2 amide bonds. The zero-order valence-electron chi connectivity index (χ0n) is 20.0. The van der Waals surface area contributed by atoms with Gasteiger partial charge in [-0.1, -0.05) is 30.3 Å². The molecule has 0 radical (unpaired) electrons. The minimum Gasteiger partial charge on any atom is -0.339 e. The van der Waals surface area contributed by atoms with Crippen molar-refractivity contribution in [1.29, 1.82) is 0 Å². The summed E-state index contributed by atoms with van der Waals surface area (Å²) in [5.41, 5.74) is 2.35. The highest BCUT2D eigenvalue weighted by atomic mass is 19.1. The van der Waals surface area contributed by atoms with E-state index in [1.54, 1.807) is 27.9 Å². The normalized spacial score (nSPS) is 13.7. The van der Waals surface area contributed by atoms with E-state index in [4.69, 9.17) is 0 Å². The van der Waals surface area contributed by atoms with Crippen molar-refractivity contribution < 1.29 is 14.0 Å². The van der Waals surface area contributed by atoms with E-state index in [1.165, 1.54) is 17.7 Å². The predicted octanol–water partition coefficient (Wildman–Crippen LogP) is 4.11. The molecule has 0 N–H and O–H groups in total. The van der Waals surface area contributed by atoms with Crippen molar-refractivity contribution in [3.05, 3.63) is 102 Å². The van der Waals surface area contributed by atoms with E-state index in [9.17, 15) is 14.0 Å². The number of amides is 2. The maximum Gasteiger partial charge on any atom is 0.259 e. The largest absolute Gasteiger partial charge is 0.339 e. The van der Waals surface area contributed by atoms with Gasteiger partial charge in [0.15, 0.2) is 5.82 Å². The summed E-state index contributed by atoms with van der Waals surface area (Å²) in [5.74, 6) is 0.256. The lowest BCUT2D eigenvalue weighted by Gasteiger charge is -2.35. The SMILES string of the molecule is O=C(CCCc1ccccc1)N1CCN(C(=O)c2cnn(-c3ccc(F)cc3)c2-n2cccc2)CC1. The second kappa shape index (κ2) is 10.6. The second-order valence-corrected chi connectivity index (χ2v) is 8.87. The number of nitrogens with zero attached hydrogens (tertiary/aromatic N) is 5. The summed E-state index contributed by atoms with van der Waals surface area (Å²) in [6.07, 6.45) is 7.45. The molecule has 5 rings (SSSR count). The second-order valence-electron chi connectivity index (χ2n) is 8.87. The van der Waals surface area contributed by atoms with Gasteiger partial charge in [-0.2, -0.15) is 5.10 Å². The van der Waals surface area contributed by atoms with Gasteiger partial charge >= 0.3 is 0 Å². The Kier molecular flexibility index (Phi) is 6.93. The molecule has 8 heteroatoms. The van der Waals surface area contributed by atoms with Crippen LogP contribution in [0.5, 0.6) is 0 Å². The van der Waals surface area contributed by atoms with Gasteiger partial charge in [0, 0.05) is 45.0 Å². The molecule has 0 saturated carbocycles. The van der Waals surface area contributed by atoms with Crippen LogP contribution in [-0.4, -0.2) is 62.1 Å². The van der Waals surface area contributed by atoms with Gasteiger partial charge in [-0.05, 0) is 54.8 Å². The summed E-state index contributed by atoms with van der Waals surface area (Å²) in [4.78, 5) is 29.8. The number of carbonyl (C=O) groups excluding carboxylic acids is 2. The van der Waals surface area contributed by atoms with Crippen molar-refractivity contribution in [2.24, 2.45) is 0 Å². The Balaban J connectivity index is 1.24. The molecule has 1 saturated heterocycles. The highest BCUT2D eigenvalue weighted by Gasteiger charge is 2.28. The van der Waals surface area contributed by atoms with Crippen LogP contribution < -0.4 is 0 Å². The summed E-state index contributed by atoms with van der Waals surface area (Å²) in [5, 5.41) is 4.45. The molecule has 184 valence electrons. The Morgan fingerprint density at radius 3 is 2.19 bits per heavy atom. The lowest BCUT2D eigenvalue weighted by atomic mass is 10.1. The fraction of sp³-hybridized carbons (Fsp3) is 0.250. The fourth-order valence-corrected chi connectivity index (χ4v) is 4.56. The summed E-state index contributed by atoms with van der Waals surface area (Å²) in [7, 11) is 0. The first-order valence-corrected chi connectivity index (χ1v) is 12.2. The minimum absolute atomic E-state index is 0.134. The number of rotatable bonds is 7. The van der Waals surface area contributed by atoms with Gasteiger partial charge in [-0.15, -0.1) is 0 Å². The first-order valence-electron chi connectivity index (χ1n) is 12.2. The maximum absolute atomic E-state index is 13.5. The predicted molar refractivity (Wildman–Crippen MR) is 135 cm³/mol. The molecule has 0 atom stereocenters. The van der Waals surface area contributed by atoms with Gasteiger partial charge in [-0.25, -0.2) is 9.07 Å². The monoisotopic (exact) mass is 485 g/mol. The number of hydrogen-bond acceptors (Lipinski definition) is 3. The van der Waals surface area contributed by atoms with Crippen LogP contribution in [0.3, 0.4) is 0 Å². The molecule has 1 aliphatic heterocycles. The van der Waals surface area contributed by atoms with Gasteiger partial charge in [0.2, 0.25) is 5.91 Å². The van der Waals surface area contributed by atoms with E-state index in [0.29, 0.717) is 49.7 Å². The van der Waals surface area contributed by atoms with Crippen molar-refractivity contribution in [3.8, 4) is 11.5 Å². The van der Waals surface area contributed by atoms with Crippen LogP contribution in [0.25, 0.3) is 11.5 Å². The molecule has 0 spiro atoms. The quantitative estimate of drug-likeness (QED) is 0.396. The summed E-state index contributed by atoms with van der Waals surface area (Å²) in [6, 6.07) is 19.9. The van der Waals surface area contributed by atoms with Crippen LogP contribution in [0, 0.1) is 5.82 Å². The Labute approximate surface area is 209 Å². The molecule has 36 heavy (non-hydrogen) atoms. The van der Waals surface area contributed by atoms with Crippen LogP contribution in [0.15, 0.2) is 85.3 Å². The number of benzene rings is 2. The number of halogens is 1. The first-order chi connectivity index (χ1) is 17.6. The van der Waals surface area contributed by atoms with Gasteiger partial charge < -0.3 is 14.4 Å². The van der Waals surface area contributed by atoms with Gasteiger partial charge in [-0.3, -0.25) is 9.59 Å². The number of carbonyl (C=O) groups is 2. The maximum atomic E-state index is 13.5. The van der Waals surface area contributed by atoms with Gasteiger partial charge in [0.05, 0.1) is 11.9 Å².